The molecule has 0 aliphatic carbocycles. The fraction of sp³-hybridized carbons (Fsp3) is 0.0588. The van der Waals surface area contributed by atoms with E-state index in [0.29, 0.717) is 17.9 Å². The van der Waals surface area contributed by atoms with E-state index >= 15 is 0 Å². The number of ether oxygens (including phenoxy) is 1. The second kappa shape index (κ2) is 6.39. The van der Waals surface area contributed by atoms with Crippen LogP contribution in [-0.2, 0) is 0 Å². The van der Waals surface area contributed by atoms with Gasteiger partial charge >= 0.3 is 0 Å². The highest BCUT2D eigenvalue weighted by atomic mass is 19.1. The van der Waals surface area contributed by atoms with Crippen molar-refractivity contribution < 1.29 is 17.9 Å². The standard InChI is InChI=1S/C17H12F2N2O2/c1-2-10-22-14-9-4-3-6-11(14)16-20-21-17(23-16)15-12(18)7-5-8-13(15)19/h2-9H,1,10H2. The van der Waals surface area contributed by atoms with Crippen molar-refractivity contribution in [2.75, 3.05) is 6.61 Å². The van der Waals surface area contributed by atoms with E-state index in [1.165, 1.54) is 6.07 Å². The van der Waals surface area contributed by atoms with Gasteiger partial charge in [0.25, 0.3) is 11.8 Å². The number of nitrogens with zero attached hydrogens (tertiary/aromatic N) is 2. The van der Waals surface area contributed by atoms with E-state index in [-0.39, 0.29) is 17.3 Å². The molecule has 0 spiro atoms. The zero-order valence-electron chi connectivity index (χ0n) is 12.0. The second-order valence-corrected chi connectivity index (χ2v) is 4.60. The van der Waals surface area contributed by atoms with Crippen molar-refractivity contribution in [3.8, 4) is 28.7 Å². The molecule has 0 amide bonds. The summed E-state index contributed by atoms with van der Waals surface area (Å²) in [6, 6.07) is 10.5. The largest absolute Gasteiger partial charge is 0.489 e. The number of hydrogen-bond acceptors (Lipinski definition) is 4. The van der Waals surface area contributed by atoms with E-state index in [4.69, 9.17) is 9.15 Å². The monoisotopic (exact) mass is 314 g/mol. The van der Waals surface area contributed by atoms with Crippen molar-refractivity contribution in [2.24, 2.45) is 0 Å². The molecule has 4 nitrogen and oxygen atoms in total. The Morgan fingerprint density at radius 3 is 2.43 bits per heavy atom. The number of halogens is 2. The summed E-state index contributed by atoms with van der Waals surface area (Å²) in [5.74, 6) is -1.14. The molecule has 0 N–H and O–H groups in total. The topological polar surface area (TPSA) is 48.2 Å². The first-order valence-electron chi connectivity index (χ1n) is 6.81. The Bertz CT molecular complexity index is 826. The Labute approximate surface area is 131 Å². The summed E-state index contributed by atoms with van der Waals surface area (Å²) in [6.07, 6.45) is 1.60. The molecular formula is C17H12F2N2O2. The van der Waals surface area contributed by atoms with Gasteiger partial charge in [-0.3, -0.25) is 0 Å². The first-order valence-corrected chi connectivity index (χ1v) is 6.81. The van der Waals surface area contributed by atoms with Gasteiger partial charge in [0.05, 0.1) is 5.56 Å². The SMILES string of the molecule is C=CCOc1ccccc1-c1nnc(-c2c(F)cccc2F)o1. The van der Waals surface area contributed by atoms with Crippen LogP contribution in [0.3, 0.4) is 0 Å². The maximum Gasteiger partial charge on any atom is 0.254 e. The Hall–Kier alpha value is -3.02. The van der Waals surface area contributed by atoms with Gasteiger partial charge in [-0.1, -0.05) is 30.9 Å². The fourth-order valence-corrected chi connectivity index (χ4v) is 2.05. The lowest BCUT2D eigenvalue weighted by Gasteiger charge is -2.06. The lowest BCUT2D eigenvalue weighted by Crippen LogP contribution is -1.94. The minimum atomic E-state index is -0.767. The Morgan fingerprint density at radius 2 is 1.70 bits per heavy atom. The van der Waals surface area contributed by atoms with E-state index in [0.717, 1.165) is 12.1 Å². The Balaban J connectivity index is 2.02. The summed E-state index contributed by atoms with van der Waals surface area (Å²) in [4.78, 5) is 0. The molecule has 23 heavy (non-hydrogen) atoms. The van der Waals surface area contributed by atoms with Gasteiger partial charge in [0.1, 0.15) is 29.6 Å². The first kappa shape index (κ1) is 14.9. The zero-order valence-corrected chi connectivity index (χ0v) is 12.0. The average molecular weight is 314 g/mol. The van der Waals surface area contributed by atoms with Crippen LogP contribution in [0.25, 0.3) is 22.9 Å². The van der Waals surface area contributed by atoms with Crippen molar-refractivity contribution in [3.05, 3.63) is 66.8 Å². The van der Waals surface area contributed by atoms with Gasteiger partial charge in [0.15, 0.2) is 0 Å². The van der Waals surface area contributed by atoms with Gasteiger partial charge in [-0.25, -0.2) is 8.78 Å². The van der Waals surface area contributed by atoms with E-state index < -0.39 is 11.6 Å². The second-order valence-electron chi connectivity index (χ2n) is 4.60. The third-order valence-corrected chi connectivity index (χ3v) is 3.08. The third-order valence-electron chi connectivity index (χ3n) is 3.08. The van der Waals surface area contributed by atoms with Gasteiger partial charge in [0.2, 0.25) is 0 Å². The van der Waals surface area contributed by atoms with Gasteiger partial charge < -0.3 is 9.15 Å². The highest BCUT2D eigenvalue weighted by Crippen LogP contribution is 2.32. The normalized spacial score (nSPS) is 10.5. The van der Waals surface area contributed by atoms with Crippen LogP contribution < -0.4 is 4.74 Å². The molecule has 1 heterocycles. The van der Waals surface area contributed by atoms with Crippen molar-refractivity contribution in [1.29, 1.82) is 0 Å². The maximum atomic E-state index is 13.8. The summed E-state index contributed by atoms with van der Waals surface area (Å²) in [6.45, 7) is 3.89. The first-order chi connectivity index (χ1) is 11.2. The molecule has 0 unspecified atom stereocenters. The van der Waals surface area contributed by atoms with E-state index in [1.54, 1.807) is 30.3 Å². The van der Waals surface area contributed by atoms with Crippen LogP contribution in [0.2, 0.25) is 0 Å². The number of benzene rings is 2. The molecule has 0 atom stereocenters. The smallest absolute Gasteiger partial charge is 0.254 e. The van der Waals surface area contributed by atoms with E-state index in [2.05, 4.69) is 16.8 Å². The fourth-order valence-electron chi connectivity index (χ4n) is 2.05. The van der Waals surface area contributed by atoms with Crippen molar-refractivity contribution >= 4 is 0 Å². The van der Waals surface area contributed by atoms with E-state index in [1.807, 2.05) is 0 Å². The number of aromatic nitrogens is 2. The predicted molar refractivity (Wildman–Crippen MR) is 80.8 cm³/mol. The molecule has 0 bridgehead atoms. The van der Waals surface area contributed by atoms with Crippen LogP contribution in [0.4, 0.5) is 8.78 Å². The quantitative estimate of drug-likeness (QED) is 0.661. The van der Waals surface area contributed by atoms with Gasteiger partial charge in [-0.2, -0.15) is 0 Å². The zero-order chi connectivity index (χ0) is 16.2. The van der Waals surface area contributed by atoms with Crippen molar-refractivity contribution in [3.63, 3.8) is 0 Å². The van der Waals surface area contributed by atoms with Gasteiger partial charge in [0, 0.05) is 0 Å². The molecule has 6 heteroatoms. The highest BCUT2D eigenvalue weighted by molar-refractivity contribution is 5.64. The lowest BCUT2D eigenvalue weighted by molar-refractivity contribution is 0.363. The lowest BCUT2D eigenvalue weighted by atomic mass is 10.2. The van der Waals surface area contributed by atoms with Crippen LogP contribution in [-0.4, -0.2) is 16.8 Å². The molecule has 0 fully saturated rings. The number of para-hydroxylation sites is 1. The Kier molecular flexibility index (Phi) is 4.14. The molecule has 0 saturated heterocycles. The molecule has 2 aromatic carbocycles. The summed E-state index contributed by atoms with van der Waals surface area (Å²) in [7, 11) is 0. The van der Waals surface area contributed by atoms with Crippen molar-refractivity contribution in [2.45, 2.75) is 0 Å². The molecule has 0 aliphatic heterocycles. The molecule has 0 saturated carbocycles. The number of hydrogen-bond donors (Lipinski definition) is 0. The highest BCUT2D eigenvalue weighted by Gasteiger charge is 2.19. The Morgan fingerprint density at radius 1 is 1.00 bits per heavy atom. The summed E-state index contributed by atoms with van der Waals surface area (Å²) in [5, 5.41) is 7.59. The predicted octanol–water partition coefficient (Wildman–Crippen LogP) is 4.25. The number of rotatable bonds is 5. The maximum absolute atomic E-state index is 13.8. The third kappa shape index (κ3) is 2.96. The van der Waals surface area contributed by atoms with Crippen LogP contribution in [0.1, 0.15) is 0 Å². The molecular weight excluding hydrogens is 302 g/mol. The molecule has 0 aliphatic rings. The van der Waals surface area contributed by atoms with E-state index in [9.17, 15) is 8.78 Å². The molecule has 1 aromatic heterocycles. The average Bonchev–Trinajstić information content (AvgIpc) is 3.02. The summed E-state index contributed by atoms with van der Waals surface area (Å²) >= 11 is 0. The van der Waals surface area contributed by atoms with Crippen LogP contribution in [0.5, 0.6) is 5.75 Å². The minimum absolute atomic E-state index is 0.113. The minimum Gasteiger partial charge on any atom is -0.489 e. The van der Waals surface area contributed by atoms with Gasteiger partial charge in [-0.15, -0.1) is 10.2 Å². The molecule has 0 radical (unpaired) electrons. The molecule has 3 rings (SSSR count). The molecule has 3 aromatic rings. The van der Waals surface area contributed by atoms with Crippen LogP contribution >= 0.6 is 0 Å². The van der Waals surface area contributed by atoms with Gasteiger partial charge in [-0.05, 0) is 24.3 Å². The van der Waals surface area contributed by atoms with Crippen LogP contribution in [0, 0.1) is 11.6 Å². The van der Waals surface area contributed by atoms with Crippen LogP contribution in [0.15, 0.2) is 59.5 Å². The van der Waals surface area contributed by atoms with Crippen molar-refractivity contribution in [1.82, 2.24) is 10.2 Å². The summed E-state index contributed by atoms with van der Waals surface area (Å²) in [5.41, 5.74) is 0.181. The summed E-state index contributed by atoms with van der Waals surface area (Å²) < 4.78 is 38.5. The molecule has 116 valence electrons.